The summed E-state index contributed by atoms with van der Waals surface area (Å²) in [5.41, 5.74) is 7.61. The second-order valence-corrected chi connectivity index (χ2v) is 4.35. The van der Waals surface area contributed by atoms with E-state index >= 15 is 0 Å². The van der Waals surface area contributed by atoms with Crippen molar-refractivity contribution in [2.75, 3.05) is 30.9 Å². The van der Waals surface area contributed by atoms with E-state index < -0.39 is 0 Å². The van der Waals surface area contributed by atoms with Gasteiger partial charge in [0.2, 0.25) is 0 Å². The average Bonchev–Trinajstić information content (AvgIpc) is 2.33. The molecule has 0 unspecified atom stereocenters. The maximum absolute atomic E-state index is 5.77. The molecular formula is C12H19N3O. The van der Waals surface area contributed by atoms with Gasteiger partial charge >= 0.3 is 0 Å². The summed E-state index contributed by atoms with van der Waals surface area (Å²) in [6, 6.07) is 2.58. The highest BCUT2D eigenvalue weighted by Gasteiger charge is 2.19. The van der Waals surface area contributed by atoms with Gasteiger partial charge < -0.3 is 15.4 Å². The van der Waals surface area contributed by atoms with E-state index in [1.165, 1.54) is 0 Å². The third-order valence-corrected chi connectivity index (χ3v) is 3.24. The van der Waals surface area contributed by atoms with Crippen LogP contribution in [0.2, 0.25) is 0 Å². The third kappa shape index (κ3) is 2.27. The monoisotopic (exact) mass is 221 g/mol. The highest BCUT2D eigenvalue weighted by molar-refractivity contribution is 5.52. The van der Waals surface area contributed by atoms with Gasteiger partial charge in [-0.15, -0.1) is 0 Å². The highest BCUT2D eigenvalue weighted by atomic mass is 16.5. The van der Waals surface area contributed by atoms with Crippen molar-refractivity contribution in [1.29, 1.82) is 0 Å². The van der Waals surface area contributed by atoms with Gasteiger partial charge in [-0.1, -0.05) is 0 Å². The highest BCUT2D eigenvalue weighted by Crippen LogP contribution is 2.21. The van der Waals surface area contributed by atoms with Gasteiger partial charge in [0, 0.05) is 26.3 Å². The minimum atomic E-state index is 0.532. The lowest BCUT2D eigenvalue weighted by Gasteiger charge is -2.32. The molecule has 4 heteroatoms. The molecule has 1 saturated heterocycles. The van der Waals surface area contributed by atoms with E-state index in [9.17, 15) is 0 Å². The minimum Gasteiger partial charge on any atom is -0.397 e. The zero-order valence-corrected chi connectivity index (χ0v) is 9.94. The van der Waals surface area contributed by atoms with Crippen molar-refractivity contribution in [3.8, 4) is 0 Å². The van der Waals surface area contributed by atoms with Crippen molar-refractivity contribution < 1.29 is 4.74 Å². The smallest absolute Gasteiger partial charge is 0.128 e. The Hall–Kier alpha value is -1.29. The number of nitrogens with two attached hydrogens (primary N) is 1. The maximum Gasteiger partial charge on any atom is 0.128 e. The molecule has 0 atom stereocenters. The number of hydrogen-bond donors (Lipinski definition) is 1. The van der Waals surface area contributed by atoms with Gasteiger partial charge in [0.1, 0.15) is 5.82 Å². The summed E-state index contributed by atoms with van der Waals surface area (Å²) < 4.78 is 5.36. The van der Waals surface area contributed by atoms with Gasteiger partial charge in [-0.2, -0.15) is 0 Å². The Morgan fingerprint density at radius 1 is 1.44 bits per heavy atom. The van der Waals surface area contributed by atoms with E-state index in [0.717, 1.165) is 43.1 Å². The fourth-order valence-electron chi connectivity index (χ4n) is 2.00. The molecule has 0 saturated carbocycles. The van der Waals surface area contributed by atoms with E-state index in [-0.39, 0.29) is 0 Å². The number of hydrogen-bond acceptors (Lipinski definition) is 4. The summed E-state index contributed by atoms with van der Waals surface area (Å²) in [6.45, 7) is 3.71. The Labute approximate surface area is 96.4 Å². The molecule has 4 nitrogen and oxygen atoms in total. The van der Waals surface area contributed by atoms with Gasteiger partial charge in [0.15, 0.2) is 0 Å². The van der Waals surface area contributed by atoms with Gasteiger partial charge in [-0.05, 0) is 31.4 Å². The fraction of sp³-hybridized carbons (Fsp3) is 0.583. The van der Waals surface area contributed by atoms with E-state index in [0.29, 0.717) is 6.04 Å². The molecule has 16 heavy (non-hydrogen) atoms. The lowest BCUT2D eigenvalue weighted by molar-refractivity contribution is 0.0853. The predicted molar refractivity (Wildman–Crippen MR) is 65.6 cm³/mol. The number of anilines is 2. The first kappa shape index (κ1) is 11.2. The van der Waals surface area contributed by atoms with Crippen LogP contribution in [0, 0.1) is 6.92 Å². The lowest BCUT2D eigenvalue weighted by Crippen LogP contribution is -2.37. The molecule has 0 bridgehead atoms. The summed E-state index contributed by atoms with van der Waals surface area (Å²) in [4.78, 5) is 6.61. The van der Waals surface area contributed by atoms with Crippen LogP contribution < -0.4 is 10.6 Å². The molecule has 0 amide bonds. The van der Waals surface area contributed by atoms with Crippen LogP contribution >= 0.6 is 0 Å². The average molecular weight is 221 g/mol. The molecule has 1 aliphatic rings. The van der Waals surface area contributed by atoms with Crippen LogP contribution in [0.3, 0.4) is 0 Å². The van der Waals surface area contributed by atoms with Crippen LogP contribution in [0.15, 0.2) is 12.3 Å². The van der Waals surface area contributed by atoms with Crippen LogP contribution in [0.5, 0.6) is 0 Å². The molecule has 2 N–H and O–H groups in total. The topological polar surface area (TPSA) is 51.4 Å². The number of pyridine rings is 1. The molecule has 88 valence electrons. The van der Waals surface area contributed by atoms with Crippen LogP contribution in [0.1, 0.15) is 18.4 Å². The number of nitrogen functional groups attached to an aromatic ring is 1. The lowest BCUT2D eigenvalue weighted by atomic mass is 10.1. The fourth-order valence-corrected chi connectivity index (χ4v) is 2.00. The maximum atomic E-state index is 5.77. The quantitative estimate of drug-likeness (QED) is 0.824. The number of nitrogens with zero attached hydrogens (tertiary/aromatic N) is 2. The molecule has 1 fully saturated rings. The second-order valence-electron chi connectivity index (χ2n) is 4.35. The molecule has 0 radical (unpaired) electrons. The molecule has 0 spiro atoms. The normalized spacial score (nSPS) is 17.4. The zero-order chi connectivity index (χ0) is 11.5. The standard InChI is InChI=1S/C12H19N3O/c1-9-7-12(14-8-11(9)13)15(2)10-3-5-16-6-4-10/h7-8,10H,3-6,13H2,1-2H3. The first-order valence-electron chi connectivity index (χ1n) is 5.71. The van der Waals surface area contributed by atoms with Crippen molar-refractivity contribution in [2.24, 2.45) is 0 Å². The summed E-state index contributed by atoms with van der Waals surface area (Å²) >= 11 is 0. The van der Waals surface area contributed by atoms with Gasteiger partial charge in [0.25, 0.3) is 0 Å². The second kappa shape index (κ2) is 4.70. The predicted octanol–water partition coefficient (Wildman–Crippen LogP) is 1.59. The number of ether oxygens (including phenoxy) is 1. The SMILES string of the molecule is Cc1cc(N(C)C2CCOCC2)ncc1N. The van der Waals surface area contributed by atoms with Crippen LogP contribution in [0.4, 0.5) is 11.5 Å². The van der Waals surface area contributed by atoms with Crippen molar-refractivity contribution in [2.45, 2.75) is 25.8 Å². The van der Waals surface area contributed by atoms with E-state index in [1.807, 2.05) is 13.0 Å². The van der Waals surface area contributed by atoms with Gasteiger partial charge in [-0.3, -0.25) is 0 Å². The Bertz CT molecular complexity index is 361. The van der Waals surface area contributed by atoms with Crippen LogP contribution in [-0.2, 0) is 4.74 Å². The molecule has 1 aromatic rings. The Morgan fingerprint density at radius 2 is 2.12 bits per heavy atom. The molecule has 0 aromatic carbocycles. The summed E-state index contributed by atoms with van der Waals surface area (Å²) in [5, 5.41) is 0. The molecule has 0 aliphatic carbocycles. The molecular weight excluding hydrogens is 202 g/mol. The Morgan fingerprint density at radius 3 is 2.75 bits per heavy atom. The largest absolute Gasteiger partial charge is 0.397 e. The summed E-state index contributed by atoms with van der Waals surface area (Å²) in [5.74, 6) is 0.999. The third-order valence-electron chi connectivity index (χ3n) is 3.24. The zero-order valence-electron chi connectivity index (χ0n) is 9.94. The first-order valence-corrected chi connectivity index (χ1v) is 5.71. The minimum absolute atomic E-state index is 0.532. The molecule has 1 aromatic heterocycles. The van der Waals surface area contributed by atoms with Crippen LogP contribution in [-0.4, -0.2) is 31.3 Å². The van der Waals surface area contributed by atoms with E-state index in [1.54, 1.807) is 6.20 Å². The number of rotatable bonds is 2. The van der Waals surface area contributed by atoms with Crippen molar-refractivity contribution in [3.63, 3.8) is 0 Å². The van der Waals surface area contributed by atoms with Crippen molar-refractivity contribution in [1.82, 2.24) is 4.98 Å². The van der Waals surface area contributed by atoms with Gasteiger partial charge in [-0.25, -0.2) is 4.98 Å². The summed E-state index contributed by atoms with van der Waals surface area (Å²) in [7, 11) is 2.09. The first-order chi connectivity index (χ1) is 7.68. The van der Waals surface area contributed by atoms with Crippen molar-refractivity contribution in [3.05, 3.63) is 17.8 Å². The summed E-state index contributed by atoms with van der Waals surface area (Å²) in [6.07, 6.45) is 3.88. The van der Waals surface area contributed by atoms with Crippen LogP contribution in [0.25, 0.3) is 0 Å². The van der Waals surface area contributed by atoms with Crippen molar-refractivity contribution >= 4 is 11.5 Å². The molecule has 1 aliphatic heterocycles. The Balaban J connectivity index is 2.12. The van der Waals surface area contributed by atoms with E-state index in [2.05, 4.69) is 16.9 Å². The van der Waals surface area contributed by atoms with Gasteiger partial charge in [0.05, 0.1) is 11.9 Å². The number of aryl methyl sites for hydroxylation is 1. The number of aromatic nitrogens is 1. The van der Waals surface area contributed by atoms with E-state index in [4.69, 9.17) is 10.5 Å². The molecule has 2 rings (SSSR count). The molecule has 2 heterocycles. The Kier molecular flexibility index (Phi) is 3.29.